The monoisotopic (exact) mass is 266 g/mol. The van der Waals surface area contributed by atoms with Gasteiger partial charge in [-0.25, -0.2) is 4.79 Å². The molecule has 3 atom stereocenters. The number of fused-ring (bicyclic) bond motifs is 1. The summed E-state index contributed by atoms with van der Waals surface area (Å²) in [6, 6.07) is 0.658. The lowest BCUT2D eigenvalue weighted by atomic mass is 9.71. The van der Waals surface area contributed by atoms with Gasteiger partial charge in [0.2, 0.25) is 0 Å². The fourth-order valence-corrected chi connectivity index (χ4v) is 2.83. The second-order valence-corrected chi connectivity index (χ2v) is 6.58. The normalized spacial score (nSPS) is 28.7. The lowest BCUT2D eigenvalue weighted by Gasteiger charge is -2.40. The van der Waals surface area contributed by atoms with E-state index in [-0.39, 0.29) is 6.09 Å². The smallest absolute Gasteiger partial charge is 0.407 e. The molecule has 1 saturated carbocycles. The maximum Gasteiger partial charge on any atom is 0.407 e. The van der Waals surface area contributed by atoms with Gasteiger partial charge in [0, 0.05) is 12.6 Å². The zero-order valence-corrected chi connectivity index (χ0v) is 12.2. The van der Waals surface area contributed by atoms with Crippen LogP contribution in [0.25, 0.3) is 0 Å². The van der Waals surface area contributed by atoms with Gasteiger partial charge in [0.05, 0.1) is 0 Å². The van der Waals surface area contributed by atoms with Gasteiger partial charge in [-0.1, -0.05) is 12.2 Å². The van der Waals surface area contributed by atoms with E-state index in [9.17, 15) is 4.79 Å². The van der Waals surface area contributed by atoms with E-state index in [1.54, 1.807) is 0 Å². The molecule has 2 rings (SSSR count). The lowest BCUT2D eigenvalue weighted by molar-refractivity contribution is 0.0527. The number of ether oxygens (including phenoxy) is 1. The Balaban J connectivity index is 1.49. The molecule has 0 aromatic rings. The summed E-state index contributed by atoms with van der Waals surface area (Å²) in [6.45, 7) is 7.24. The molecule has 4 heteroatoms. The third-order valence-corrected chi connectivity index (χ3v) is 3.79. The third kappa shape index (κ3) is 4.23. The Morgan fingerprint density at radius 2 is 2.16 bits per heavy atom. The zero-order chi connectivity index (χ0) is 13.9. The van der Waals surface area contributed by atoms with Gasteiger partial charge in [0.15, 0.2) is 0 Å². The maximum atomic E-state index is 11.4. The molecule has 0 radical (unpaired) electrons. The van der Waals surface area contributed by atoms with Crippen molar-refractivity contribution in [2.24, 2.45) is 11.8 Å². The van der Waals surface area contributed by atoms with E-state index in [0.717, 1.165) is 24.8 Å². The first-order valence-corrected chi connectivity index (χ1v) is 7.32. The Morgan fingerprint density at radius 1 is 1.37 bits per heavy atom. The van der Waals surface area contributed by atoms with Gasteiger partial charge in [-0.15, -0.1) is 0 Å². The standard InChI is InChI=1S/C15H26N2O2/c1-15(2,3)19-14(18)17-9-5-8-16-13-10-11-6-4-7-12(11)13/h4,7,11-13,16H,5-6,8-10H2,1-3H3,(H,17,18). The summed E-state index contributed by atoms with van der Waals surface area (Å²) in [7, 11) is 0. The van der Waals surface area contributed by atoms with Crippen LogP contribution in [0.15, 0.2) is 12.2 Å². The minimum absolute atomic E-state index is 0.324. The van der Waals surface area contributed by atoms with Crippen LogP contribution >= 0.6 is 0 Å². The van der Waals surface area contributed by atoms with Crippen LogP contribution in [-0.2, 0) is 4.74 Å². The van der Waals surface area contributed by atoms with Crippen LogP contribution in [-0.4, -0.2) is 30.8 Å². The molecular formula is C15H26N2O2. The van der Waals surface area contributed by atoms with Crippen molar-refractivity contribution in [3.63, 3.8) is 0 Å². The highest BCUT2D eigenvalue weighted by Gasteiger charge is 2.40. The Bertz CT molecular complexity index is 347. The largest absolute Gasteiger partial charge is 0.444 e. The average Bonchev–Trinajstić information content (AvgIpc) is 2.62. The summed E-state index contributed by atoms with van der Waals surface area (Å²) in [5, 5.41) is 6.35. The zero-order valence-electron chi connectivity index (χ0n) is 12.2. The van der Waals surface area contributed by atoms with Gasteiger partial charge in [0.1, 0.15) is 5.60 Å². The van der Waals surface area contributed by atoms with Crippen molar-refractivity contribution in [1.29, 1.82) is 0 Å². The molecule has 0 aromatic heterocycles. The van der Waals surface area contributed by atoms with Crippen LogP contribution < -0.4 is 10.6 Å². The molecule has 0 heterocycles. The third-order valence-electron chi connectivity index (χ3n) is 3.79. The molecule has 2 aliphatic rings. The molecule has 19 heavy (non-hydrogen) atoms. The SMILES string of the molecule is CC(C)(C)OC(=O)NCCCNC1CC2CC=CC21. The van der Waals surface area contributed by atoms with E-state index in [0.29, 0.717) is 12.6 Å². The molecule has 2 aliphatic carbocycles. The van der Waals surface area contributed by atoms with Crippen LogP contribution in [0.4, 0.5) is 4.79 Å². The molecule has 0 spiro atoms. The summed E-state index contributed by atoms with van der Waals surface area (Å²) >= 11 is 0. The highest BCUT2D eigenvalue weighted by molar-refractivity contribution is 5.67. The predicted octanol–water partition coefficient (Wildman–Crippen LogP) is 2.46. The number of hydrogen-bond donors (Lipinski definition) is 2. The van der Waals surface area contributed by atoms with Crippen LogP contribution in [0.5, 0.6) is 0 Å². The Labute approximate surface area is 116 Å². The number of rotatable bonds is 5. The number of nitrogens with one attached hydrogen (secondary N) is 2. The highest BCUT2D eigenvalue weighted by Crippen LogP contribution is 2.42. The van der Waals surface area contributed by atoms with Gasteiger partial charge in [-0.3, -0.25) is 0 Å². The Hall–Kier alpha value is -1.03. The molecule has 0 aliphatic heterocycles. The van der Waals surface area contributed by atoms with Gasteiger partial charge in [0.25, 0.3) is 0 Å². The molecular weight excluding hydrogens is 240 g/mol. The fraction of sp³-hybridized carbons (Fsp3) is 0.800. The van der Waals surface area contributed by atoms with E-state index in [2.05, 4.69) is 22.8 Å². The quantitative estimate of drug-likeness (QED) is 0.593. The first-order chi connectivity index (χ1) is 8.96. The number of allylic oxidation sites excluding steroid dienone is 1. The number of hydrogen-bond acceptors (Lipinski definition) is 3. The van der Waals surface area contributed by atoms with E-state index in [1.165, 1.54) is 12.8 Å². The topological polar surface area (TPSA) is 50.4 Å². The fourth-order valence-electron chi connectivity index (χ4n) is 2.83. The lowest BCUT2D eigenvalue weighted by Crippen LogP contribution is -2.48. The minimum Gasteiger partial charge on any atom is -0.444 e. The number of carbonyl (C=O) groups is 1. The maximum absolute atomic E-state index is 11.4. The Morgan fingerprint density at radius 3 is 2.84 bits per heavy atom. The molecule has 0 saturated heterocycles. The first-order valence-electron chi connectivity index (χ1n) is 7.32. The Kier molecular flexibility index (Phi) is 4.50. The van der Waals surface area contributed by atoms with Gasteiger partial charge in [-0.2, -0.15) is 0 Å². The summed E-state index contributed by atoms with van der Waals surface area (Å²) < 4.78 is 5.17. The molecule has 1 fully saturated rings. The van der Waals surface area contributed by atoms with Crippen molar-refractivity contribution >= 4 is 6.09 Å². The number of carbonyl (C=O) groups excluding carboxylic acids is 1. The van der Waals surface area contributed by atoms with E-state index >= 15 is 0 Å². The molecule has 0 bridgehead atoms. The summed E-state index contributed by atoms with van der Waals surface area (Å²) in [5.41, 5.74) is -0.419. The van der Waals surface area contributed by atoms with Crippen molar-refractivity contribution in [2.75, 3.05) is 13.1 Å². The molecule has 4 nitrogen and oxygen atoms in total. The highest BCUT2D eigenvalue weighted by atomic mass is 16.6. The average molecular weight is 266 g/mol. The second kappa shape index (κ2) is 5.95. The summed E-state index contributed by atoms with van der Waals surface area (Å²) in [6.07, 6.45) is 7.85. The minimum atomic E-state index is -0.419. The van der Waals surface area contributed by atoms with E-state index in [4.69, 9.17) is 4.74 Å². The second-order valence-electron chi connectivity index (χ2n) is 6.58. The van der Waals surface area contributed by atoms with E-state index < -0.39 is 5.60 Å². The van der Waals surface area contributed by atoms with Gasteiger partial charge < -0.3 is 15.4 Å². The molecule has 3 unspecified atom stereocenters. The molecule has 108 valence electrons. The molecule has 0 aromatic carbocycles. The molecule has 2 N–H and O–H groups in total. The van der Waals surface area contributed by atoms with Gasteiger partial charge >= 0.3 is 6.09 Å². The summed E-state index contributed by atoms with van der Waals surface area (Å²) in [5.74, 6) is 1.66. The number of alkyl carbamates (subject to hydrolysis) is 1. The van der Waals surface area contributed by atoms with Crippen molar-refractivity contribution in [3.8, 4) is 0 Å². The van der Waals surface area contributed by atoms with Crippen LogP contribution in [0.3, 0.4) is 0 Å². The molecule has 1 amide bonds. The van der Waals surface area contributed by atoms with Crippen molar-refractivity contribution in [2.45, 2.75) is 51.7 Å². The predicted molar refractivity (Wildman–Crippen MR) is 76.0 cm³/mol. The van der Waals surface area contributed by atoms with Crippen LogP contribution in [0.2, 0.25) is 0 Å². The van der Waals surface area contributed by atoms with Gasteiger partial charge in [-0.05, 0) is 58.4 Å². The van der Waals surface area contributed by atoms with Crippen LogP contribution in [0, 0.1) is 11.8 Å². The first kappa shape index (κ1) is 14.4. The van der Waals surface area contributed by atoms with E-state index in [1.807, 2.05) is 20.8 Å². The van der Waals surface area contributed by atoms with Crippen molar-refractivity contribution in [3.05, 3.63) is 12.2 Å². The summed E-state index contributed by atoms with van der Waals surface area (Å²) in [4.78, 5) is 11.4. The van der Waals surface area contributed by atoms with Crippen molar-refractivity contribution in [1.82, 2.24) is 10.6 Å². The van der Waals surface area contributed by atoms with Crippen LogP contribution in [0.1, 0.15) is 40.0 Å². The van der Waals surface area contributed by atoms with Crippen molar-refractivity contribution < 1.29 is 9.53 Å². The number of amides is 1.